The summed E-state index contributed by atoms with van der Waals surface area (Å²) in [4.78, 5) is 24.8. The normalized spacial score (nSPS) is 10.2. The maximum atomic E-state index is 10.7. The molecule has 0 radical (unpaired) electrons. The maximum absolute atomic E-state index is 10.7. The largest absolute Gasteiger partial charge is 0.287 e. The monoisotopic (exact) mass is 293 g/mol. The summed E-state index contributed by atoms with van der Waals surface area (Å²) in [5.74, 6) is 1.76. The zero-order chi connectivity index (χ0) is 15.4. The first kappa shape index (κ1) is 13.6. The van der Waals surface area contributed by atoms with E-state index in [2.05, 4.69) is 15.0 Å². The van der Waals surface area contributed by atoms with Crippen molar-refractivity contribution >= 4 is 23.1 Å². The first-order chi connectivity index (χ1) is 10.8. The minimum Gasteiger partial charge on any atom is -0.262 e. The van der Waals surface area contributed by atoms with Gasteiger partial charge in [0.25, 0.3) is 5.69 Å². The van der Waals surface area contributed by atoms with E-state index in [9.17, 15) is 10.1 Å². The van der Waals surface area contributed by atoms with Gasteiger partial charge in [-0.1, -0.05) is 12.1 Å². The Morgan fingerprint density at radius 3 is 1.82 bits per heavy atom. The van der Waals surface area contributed by atoms with Gasteiger partial charge >= 0.3 is 0 Å². The van der Waals surface area contributed by atoms with Gasteiger partial charge in [-0.05, 0) is 30.3 Å². The van der Waals surface area contributed by atoms with Crippen molar-refractivity contribution in [2.45, 2.75) is 0 Å². The summed E-state index contributed by atoms with van der Waals surface area (Å²) in [5.41, 5.74) is -0.0641. The lowest BCUT2D eigenvalue weighted by Crippen LogP contribution is -2.14. The molecule has 7 heteroatoms. The molecular weight excluding hydrogens is 282 g/mol. The molecule has 0 aliphatic carbocycles. The van der Waals surface area contributed by atoms with Crippen LogP contribution in [0.25, 0.3) is 0 Å². The lowest BCUT2D eigenvalue weighted by Gasteiger charge is -2.21. The molecule has 0 N–H and O–H groups in total. The van der Waals surface area contributed by atoms with Crippen molar-refractivity contribution in [3.8, 4) is 0 Å². The van der Waals surface area contributed by atoms with Crippen LogP contribution in [0.2, 0.25) is 0 Å². The number of anilines is 3. The quantitative estimate of drug-likeness (QED) is 0.542. The van der Waals surface area contributed by atoms with Crippen molar-refractivity contribution in [1.29, 1.82) is 0 Å². The van der Waals surface area contributed by atoms with Crippen LogP contribution in [0.1, 0.15) is 0 Å². The molecule has 0 fully saturated rings. The molecule has 7 nitrogen and oxygen atoms in total. The molecule has 0 amide bonds. The Morgan fingerprint density at radius 1 is 0.818 bits per heavy atom. The number of nitrogens with zero attached hydrogens (tertiary/aromatic N) is 5. The molecule has 0 atom stereocenters. The molecule has 0 unspecified atom stereocenters. The Kier molecular flexibility index (Phi) is 3.69. The third-order valence-corrected chi connectivity index (χ3v) is 2.93. The van der Waals surface area contributed by atoms with E-state index in [1.54, 1.807) is 23.4 Å². The Balaban J connectivity index is 2.08. The SMILES string of the molecule is O=[N+]([O-])c1ccc(N(c2ccccn2)c2ccccn2)nc1. The standard InChI is InChI=1S/C15H11N5O2/c21-20(22)12-7-8-15(18-11-12)19(13-5-1-3-9-16-13)14-6-2-4-10-17-14/h1-11H. The molecule has 3 aromatic rings. The van der Waals surface area contributed by atoms with Gasteiger partial charge in [0.1, 0.15) is 23.7 Å². The van der Waals surface area contributed by atoms with Gasteiger partial charge in [0, 0.05) is 18.5 Å². The van der Waals surface area contributed by atoms with Crippen molar-refractivity contribution in [3.63, 3.8) is 0 Å². The molecule has 108 valence electrons. The van der Waals surface area contributed by atoms with Gasteiger partial charge in [-0.3, -0.25) is 15.0 Å². The van der Waals surface area contributed by atoms with E-state index in [0.29, 0.717) is 17.5 Å². The van der Waals surface area contributed by atoms with Gasteiger partial charge in [-0.15, -0.1) is 0 Å². The van der Waals surface area contributed by atoms with E-state index in [1.165, 1.54) is 12.3 Å². The maximum Gasteiger partial charge on any atom is 0.287 e. The Morgan fingerprint density at radius 2 is 1.41 bits per heavy atom. The summed E-state index contributed by atoms with van der Waals surface area (Å²) in [6, 6.07) is 13.9. The highest BCUT2D eigenvalue weighted by molar-refractivity contribution is 5.69. The number of hydrogen-bond acceptors (Lipinski definition) is 6. The number of pyridine rings is 3. The van der Waals surface area contributed by atoms with Crippen LogP contribution in [-0.2, 0) is 0 Å². The van der Waals surface area contributed by atoms with Gasteiger partial charge < -0.3 is 0 Å². The Labute approximate surface area is 126 Å². The molecule has 0 spiro atoms. The number of hydrogen-bond donors (Lipinski definition) is 0. The first-order valence-corrected chi connectivity index (χ1v) is 6.48. The summed E-state index contributed by atoms with van der Waals surface area (Å²) < 4.78 is 0. The van der Waals surface area contributed by atoms with Gasteiger partial charge in [-0.25, -0.2) is 15.0 Å². The second-order valence-electron chi connectivity index (χ2n) is 4.34. The highest BCUT2D eigenvalue weighted by atomic mass is 16.6. The summed E-state index contributed by atoms with van der Waals surface area (Å²) in [6.45, 7) is 0. The molecule has 0 aliphatic rings. The van der Waals surface area contributed by atoms with E-state index < -0.39 is 4.92 Å². The molecule has 22 heavy (non-hydrogen) atoms. The fourth-order valence-electron chi connectivity index (χ4n) is 1.94. The molecule has 0 saturated carbocycles. The van der Waals surface area contributed by atoms with Crippen LogP contribution in [-0.4, -0.2) is 19.9 Å². The number of nitro groups is 1. The van der Waals surface area contributed by atoms with Crippen LogP contribution < -0.4 is 4.90 Å². The van der Waals surface area contributed by atoms with Gasteiger partial charge in [-0.2, -0.15) is 0 Å². The zero-order valence-corrected chi connectivity index (χ0v) is 11.4. The molecule has 0 bridgehead atoms. The third-order valence-electron chi connectivity index (χ3n) is 2.93. The molecular formula is C15H11N5O2. The summed E-state index contributed by atoms with van der Waals surface area (Å²) in [5, 5.41) is 10.7. The minimum absolute atomic E-state index is 0.0641. The van der Waals surface area contributed by atoms with Crippen LogP contribution in [0.4, 0.5) is 23.1 Å². The average Bonchev–Trinajstić information content (AvgIpc) is 2.57. The molecule has 3 aromatic heterocycles. The highest BCUT2D eigenvalue weighted by Crippen LogP contribution is 2.30. The molecule has 0 aromatic carbocycles. The predicted molar refractivity (Wildman–Crippen MR) is 81.2 cm³/mol. The van der Waals surface area contributed by atoms with Gasteiger partial charge in [0.2, 0.25) is 0 Å². The van der Waals surface area contributed by atoms with Crippen LogP contribution in [0.5, 0.6) is 0 Å². The van der Waals surface area contributed by atoms with Crippen LogP contribution >= 0.6 is 0 Å². The summed E-state index contributed by atoms with van der Waals surface area (Å²) in [7, 11) is 0. The molecule has 0 saturated heterocycles. The van der Waals surface area contributed by atoms with E-state index in [4.69, 9.17) is 0 Å². The van der Waals surface area contributed by atoms with Crippen LogP contribution in [0, 0.1) is 10.1 Å². The average molecular weight is 293 g/mol. The topological polar surface area (TPSA) is 85.0 Å². The second kappa shape index (κ2) is 5.96. The fraction of sp³-hybridized carbons (Fsp3) is 0. The zero-order valence-electron chi connectivity index (χ0n) is 11.4. The van der Waals surface area contributed by atoms with Crippen molar-refractivity contribution in [2.24, 2.45) is 0 Å². The number of rotatable bonds is 4. The van der Waals surface area contributed by atoms with E-state index in [1.807, 2.05) is 36.4 Å². The van der Waals surface area contributed by atoms with E-state index in [0.717, 1.165) is 0 Å². The minimum atomic E-state index is -0.483. The molecule has 3 rings (SSSR count). The van der Waals surface area contributed by atoms with E-state index in [-0.39, 0.29) is 5.69 Å². The van der Waals surface area contributed by atoms with E-state index >= 15 is 0 Å². The second-order valence-corrected chi connectivity index (χ2v) is 4.34. The first-order valence-electron chi connectivity index (χ1n) is 6.48. The van der Waals surface area contributed by atoms with Gasteiger partial charge in [0.05, 0.1) is 4.92 Å². The molecule has 0 aliphatic heterocycles. The molecule has 3 heterocycles. The fourth-order valence-corrected chi connectivity index (χ4v) is 1.94. The lowest BCUT2D eigenvalue weighted by atomic mass is 10.3. The van der Waals surface area contributed by atoms with Crippen molar-refractivity contribution in [3.05, 3.63) is 77.2 Å². The third kappa shape index (κ3) is 2.73. The van der Waals surface area contributed by atoms with Crippen molar-refractivity contribution in [1.82, 2.24) is 15.0 Å². The van der Waals surface area contributed by atoms with Crippen molar-refractivity contribution < 1.29 is 4.92 Å². The highest BCUT2D eigenvalue weighted by Gasteiger charge is 2.16. The lowest BCUT2D eigenvalue weighted by molar-refractivity contribution is -0.385. The van der Waals surface area contributed by atoms with Crippen LogP contribution in [0.3, 0.4) is 0 Å². The Bertz CT molecular complexity index is 723. The predicted octanol–water partition coefficient (Wildman–Crippen LogP) is 3.25. The van der Waals surface area contributed by atoms with Gasteiger partial charge in [0.15, 0.2) is 0 Å². The summed E-state index contributed by atoms with van der Waals surface area (Å²) in [6.07, 6.45) is 4.54. The smallest absolute Gasteiger partial charge is 0.262 e. The number of aromatic nitrogens is 3. The van der Waals surface area contributed by atoms with Crippen LogP contribution in [0.15, 0.2) is 67.1 Å². The summed E-state index contributed by atoms with van der Waals surface area (Å²) >= 11 is 0. The van der Waals surface area contributed by atoms with Crippen molar-refractivity contribution in [2.75, 3.05) is 4.90 Å². The Hall–Kier alpha value is -3.35.